The van der Waals surface area contributed by atoms with Crippen LogP contribution in [0.4, 0.5) is 0 Å². The largest absolute Gasteiger partial charge is 0.413 e. The lowest BCUT2D eigenvalue weighted by Crippen LogP contribution is -2.44. The number of allylic oxidation sites excluding steroid dienone is 1. The van der Waals surface area contributed by atoms with Crippen LogP contribution in [-0.2, 0) is 8.85 Å². The smallest absolute Gasteiger partial charge is 0.192 e. The van der Waals surface area contributed by atoms with Gasteiger partial charge in [0.1, 0.15) is 0 Å². The van der Waals surface area contributed by atoms with E-state index in [2.05, 4.69) is 105 Å². The van der Waals surface area contributed by atoms with Crippen LogP contribution in [-0.4, -0.2) is 28.1 Å². The van der Waals surface area contributed by atoms with E-state index in [0.29, 0.717) is 11.8 Å². The van der Waals surface area contributed by atoms with Crippen molar-refractivity contribution in [2.45, 2.75) is 147 Å². The van der Waals surface area contributed by atoms with Crippen molar-refractivity contribution in [3.63, 3.8) is 0 Å². The molecule has 212 valence electrons. The molecular formula is C32H57ClO2Si2. The van der Waals surface area contributed by atoms with Crippen LogP contribution in [0.25, 0.3) is 0 Å². The Labute approximate surface area is 237 Å². The van der Waals surface area contributed by atoms with E-state index in [4.69, 9.17) is 20.5 Å². The maximum absolute atomic E-state index is 7.02. The average Bonchev–Trinajstić information content (AvgIpc) is 3.06. The quantitative estimate of drug-likeness (QED) is 0.109. The van der Waals surface area contributed by atoms with Crippen LogP contribution in [0, 0.1) is 5.92 Å². The first kappa shape index (κ1) is 32.8. The Morgan fingerprint density at radius 1 is 0.973 bits per heavy atom. The average molecular weight is 565 g/mol. The van der Waals surface area contributed by atoms with Crippen LogP contribution in [0.3, 0.4) is 0 Å². The first-order valence-electron chi connectivity index (χ1n) is 14.7. The molecule has 1 aromatic carbocycles. The summed E-state index contributed by atoms with van der Waals surface area (Å²) in [5.74, 6) is 0.646. The second kappa shape index (κ2) is 12.8. The number of hydrogen-bond acceptors (Lipinski definition) is 2. The van der Waals surface area contributed by atoms with Gasteiger partial charge in [-0.05, 0) is 72.6 Å². The monoisotopic (exact) mass is 564 g/mol. The summed E-state index contributed by atoms with van der Waals surface area (Å²) in [7, 11) is -3.80. The van der Waals surface area contributed by atoms with E-state index in [1.165, 1.54) is 30.4 Å². The molecule has 1 aromatic rings. The van der Waals surface area contributed by atoms with Gasteiger partial charge in [0.2, 0.25) is 0 Å². The zero-order valence-electron chi connectivity index (χ0n) is 25.9. The van der Waals surface area contributed by atoms with Crippen molar-refractivity contribution in [1.82, 2.24) is 0 Å². The van der Waals surface area contributed by atoms with Gasteiger partial charge in [-0.2, -0.15) is 0 Å². The summed E-state index contributed by atoms with van der Waals surface area (Å²) >= 11 is 6.98. The SMILES string of the molecule is C=CC[C@@H]1[C@@H](c2ccc(C(CCCCC)O[Si](C)(C)C(C)(C)C)cc2)[C@H](O[Si](C)(C)C(C)(C)C)C[C@H]1Cl. The molecule has 0 spiro atoms. The topological polar surface area (TPSA) is 18.5 Å². The third-order valence-corrected chi connectivity index (χ3v) is 19.0. The number of benzene rings is 1. The lowest BCUT2D eigenvalue weighted by Gasteiger charge is -2.40. The van der Waals surface area contributed by atoms with Crippen molar-refractivity contribution < 1.29 is 8.85 Å². The van der Waals surface area contributed by atoms with Gasteiger partial charge in [0.25, 0.3) is 0 Å². The Hall–Kier alpha value is -0.396. The second-order valence-corrected chi connectivity index (χ2v) is 24.5. The van der Waals surface area contributed by atoms with E-state index in [1.54, 1.807) is 0 Å². The van der Waals surface area contributed by atoms with E-state index in [1.807, 2.05) is 6.08 Å². The minimum Gasteiger partial charge on any atom is -0.413 e. The van der Waals surface area contributed by atoms with Crippen molar-refractivity contribution in [3.05, 3.63) is 48.0 Å². The molecule has 2 nitrogen and oxygen atoms in total. The molecule has 5 heteroatoms. The molecule has 0 bridgehead atoms. The van der Waals surface area contributed by atoms with Crippen LogP contribution in [0.15, 0.2) is 36.9 Å². The van der Waals surface area contributed by atoms with Crippen LogP contribution in [0.5, 0.6) is 0 Å². The zero-order chi connectivity index (χ0) is 28.2. The van der Waals surface area contributed by atoms with Crippen molar-refractivity contribution in [2.75, 3.05) is 0 Å². The van der Waals surface area contributed by atoms with Gasteiger partial charge in [0, 0.05) is 11.3 Å². The number of hydrogen-bond donors (Lipinski definition) is 0. The van der Waals surface area contributed by atoms with Gasteiger partial charge < -0.3 is 8.85 Å². The van der Waals surface area contributed by atoms with E-state index in [-0.39, 0.29) is 27.7 Å². The number of rotatable bonds is 12. The van der Waals surface area contributed by atoms with Crippen molar-refractivity contribution >= 4 is 28.2 Å². The fourth-order valence-corrected chi connectivity index (χ4v) is 8.12. The van der Waals surface area contributed by atoms with Gasteiger partial charge in [-0.1, -0.05) is 98.1 Å². The molecule has 1 fully saturated rings. The predicted molar refractivity (Wildman–Crippen MR) is 169 cm³/mol. The molecule has 0 radical (unpaired) electrons. The molecule has 1 aliphatic rings. The molecule has 5 atom stereocenters. The molecule has 0 aromatic heterocycles. The molecule has 1 unspecified atom stereocenters. The summed E-state index contributed by atoms with van der Waals surface area (Å²) in [5.41, 5.74) is 2.66. The molecule has 2 rings (SSSR count). The van der Waals surface area contributed by atoms with Crippen LogP contribution < -0.4 is 0 Å². The zero-order valence-corrected chi connectivity index (χ0v) is 28.7. The standard InChI is InChI=1S/C32H57ClO2Si2/c1-13-15-16-18-28(34-36(9,10)31(3,4)5)24-19-21-25(22-20-24)30-26(17-14-2)27(33)23-29(30)35-37(11,12)32(6,7)8/h14,19-22,26-30H,2,13,15-18,23H2,1,3-12H3/t26-,27+,28?,29+,30+/m0/s1. The van der Waals surface area contributed by atoms with E-state index >= 15 is 0 Å². The number of alkyl halides is 1. The summed E-state index contributed by atoms with van der Waals surface area (Å²) in [6.07, 6.45) is 8.96. The lowest BCUT2D eigenvalue weighted by molar-refractivity contribution is 0.161. The van der Waals surface area contributed by atoms with Crippen molar-refractivity contribution in [2.24, 2.45) is 5.92 Å². The van der Waals surface area contributed by atoms with Gasteiger partial charge in [-0.25, -0.2) is 0 Å². The third kappa shape index (κ3) is 8.30. The highest BCUT2D eigenvalue weighted by atomic mass is 35.5. The highest BCUT2D eigenvalue weighted by molar-refractivity contribution is 6.74. The molecule has 1 aliphatic carbocycles. The first-order chi connectivity index (χ1) is 16.9. The Morgan fingerprint density at radius 2 is 1.54 bits per heavy atom. The van der Waals surface area contributed by atoms with E-state index in [0.717, 1.165) is 19.3 Å². The van der Waals surface area contributed by atoms with Gasteiger partial charge in [0.05, 0.1) is 12.2 Å². The molecule has 0 aliphatic heterocycles. The van der Waals surface area contributed by atoms with Crippen LogP contribution in [0.1, 0.15) is 110 Å². The molecular weight excluding hydrogens is 508 g/mol. The maximum atomic E-state index is 7.02. The normalized spacial score (nSPS) is 24.3. The molecule has 37 heavy (non-hydrogen) atoms. The van der Waals surface area contributed by atoms with Gasteiger partial charge in [0.15, 0.2) is 16.6 Å². The first-order valence-corrected chi connectivity index (χ1v) is 20.9. The molecule has 0 N–H and O–H groups in total. The summed E-state index contributed by atoms with van der Waals surface area (Å²) in [6.45, 7) is 29.7. The minimum atomic E-state index is -1.92. The molecule has 0 amide bonds. The van der Waals surface area contributed by atoms with Crippen LogP contribution in [0.2, 0.25) is 36.3 Å². The minimum absolute atomic E-state index is 0.112. The van der Waals surface area contributed by atoms with Gasteiger partial charge in [-0.15, -0.1) is 18.2 Å². The molecule has 0 heterocycles. The summed E-state index contributed by atoms with van der Waals surface area (Å²) in [5, 5.41) is 0.481. The fourth-order valence-electron chi connectivity index (χ4n) is 5.01. The Bertz CT molecular complexity index is 851. The third-order valence-electron chi connectivity index (χ3n) is 9.48. The Balaban J connectivity index is 2.38. The Morgan fingerprint density at radius 3 is 2.03 bits per heavy atom. The molecule has 0 saturated heterocycles. The number of halogens is 1. The second-order valence-electron chi connectivity index (χ2n) is 14.4. The van der Waals surface area contributed by atoms with Crippen molar-refractivity contribution in [1.29, 1.82) is 0 Å². The summed E-state index contributed by atoms with van der Waals surface area (Å²) < 4.78 is 14.0. The van der Waals surface area contributed by atoms with Crippen LogP contribution >= 0.6 is 11.6 Å². The van der Waals surface area contributed by atoms with Gasteiger partial charge >= 0.3 is 0 Å². The summed E-state index contributed by atoms with van der Waals surface area (Å²) in [4.78, 5) is 0. The van der Waals surface area contributed by atoms with E-state index < -0.39 is 16.6 Å². The highest BCUT2D eigenvalue weighted by Gasteiger charge is 2.48. The maximum Gasteiger partial charge on any atom is 0.192 e. The molecule has 1 saturated carbocycles. The van der Waals surface area contributed by atoms with Crippen molar-refractivity contribution in [3.8, 4) is 0 Å². The predicted octanol–water partition coefficient (Wildman–Crippen LogP) is 11.0. The fraction of sp³-hybridized carbons (Fsp3) is 0.750. The number of unbranched alkanes of at least 4 members (excludes halogenated alkanes) is 2. The lowest BCUT2D eigenvalue weighted by atomic mass is 9.85. The summed E-state index contributed by atoms with van der Waals surface area (Å²) in [6, 6.07) is 9.34. The van der Waals surface area contributed by atoms with Gasteiger partial charge in [-0.3, -0.25) is 0 Å². The highest BCUT2D eigenvalue weighted by Crippen LogP contribution is 2.49. The Kier molecular flexibility index (Phi) is 11.4. The van der Waals surface area contributed by atoms with E-state index in [9.17, 15) is 0 Å².